The molecule has 1 rings (SSSR count). The van der Waals surface area contributed by atoms with Gasteiger partial charge in [-0.3, -0.25) is 4.79 Å². The van der Waals surface area contributed by atoms with E-state index in [4.69, 9.17) is 0 Å². The maximum atomic E-state index is 11.6. The molecular formula is C15H24N2O2. The lowest BCUT2D eigenvalue weighted by atomic mass is 10.1. The number of aromatic hydroxyl groups is 1. The Labute approximate surface area is 115 Å². The minimum Gasteiger partial charge on any atom is -0.508 e. The molecule has 2 atom stereocenters. The van der Waals surface area contributed by atoms with Crippen molar-refractivity contribution < 1.29 is 9.90 Å². The summed E-state index contributed by atoms with van der Waals surface area (Å²) in [7, 11) is 0. The first kappa shape index (κ1) is 15.5. The van der Waals surface area contributed by atoms with Crippen LogP contribution in [0.4, 0.5) is 0 Å². The Morgan fingerprint density at radius 1 is 1.37 bits per heavy atom. The van der Waals surface area contributed by atoms with Gasteiger partial charge in [-0.05, 0) is 38.0 Å². The third kappa shape index (κ3) is 5.75. The summed E-state index contributed by atoms with van der Waals surface area (Å²) < 4.78 is 0. The van der Waals surface area contributed by atoms with Crippen LogP contribution in [0.15, 0.2) is 24.3 Å². The number of rotatable bonds is 7. The predicted octanol–water partition coefficient (Wildman–Crippen LogP) is 2.35. The zero-order chi connectivity index (χ0) is 14.3. The number of benzene rings is 1. The minimum atomic E-state index is 0.0740. The van der Waals surface area contributed by atoms with E-state index in [0.29, 0.717) is 13.0 Å². The van der Waals surface area contributed by atoms with Gasteiger partial charge in [0.25, 0.3) is 0 Å². The number of phenols is 1. The molecule has 19 heavy (non-hydrogen) atoms. The third-order valence-electron chi connectivity index (χ3n) is 3.19. The van der Waals surface area contributed by atoms with Gasteiger partial charge in [-0.1, -0.05) is 19.1 Å². The topological polar surface area (TPSA) is 61.4 Å². The van der Waals surface area contributed by atoms with Gasteiger partial charge in [0.05, 0.1) is 0 Å². The second-order valence-corrected chi connectivity index (χ2v) is 4.90. The quantitative estimate of drug-likeness (QED) is 0.708. The zero-order valence-corrected chi connectivity index (χ0v) is 11.9. The van der Waals surface area contributed by atoms with Crippen molar-refractivity contribution >= 4 is 5.91 Å². The van der Waals surface area contributed by atoms with Gasteiger partial charge >= 0.3 is 0 Å². The Bertz CT molecular complexity index is 407. The van der Waals surface area contributed by atoms with E-state index in [1.54, 1.807) is 12.1 Å². The van der Waals surface area contributed by atoms with Crippen molar-refractivity contribution in [3.63, 3.8) is 0 Å². The Morgan fingerprint density at radius 3 is 2.74 bits per heavy atom. The Hall–Kier alpha value is -1.55. The molecule has 0 spiro atoms. The number of nitrogens with one attached hydrogen (secondary N) is 2. The molecule has 0 aromatic heterocycles. The van der Waals surface area contributed by atoms with Crippen LogP contribution in [0.3, 0.4) is 0 Å². The van der Waals surface area contributed by atoms with Crippen LogP contribution in [0, 0.1) is 0 Å². The zero-order valence-electron chi connectivity index (χ0n) is 11.9. The van der Waals surface area contributed by atoms with E-state index < -0.39 is 0 Å². The first-order valence-electron chi connectivity index (χ1n) is 6.84. The molecule has 0 fully saturated rings. The van der Waals surface area contributed by atoms with Crippen LogP contribution in [-0.4, -0.2) is 23.6 Å². The van der Waals surface area contributed by atoms with Gasteiger partial charge in [0.2, 0.25) is 5.91 Å². The molecule has 0 aliphatic carbocycles. The van der Waals surface area contributed by atoms with Crippen molar-refractivity contribution in [1.82, 2.24) is 10.6 Å². The molecule has 3 N–H and O–H groups in total. The van der Waals surface area contributed by atoms with E-state index in [0.717, 1.165) is 12.0 Å². The largest absolute Gasteiger partial charge is 0.508 e. The van der Waals surface area contributed by atoms with Crippen molar-refractivity contribution in [2.24, 2.45) is 0 Å². The molecule has 0 aliphatic heterocycles. The normalized spacial score (nSPS) is 13.8. The molecule has 4 heteroatoms. The monoisotopic (exact) mass is 264 g/mol. The van der Waals surface area contributed by atoms with Gasteiger partial charge in [-0.2, -0.15) is 0 Å². The van der Waals surface area contributed by atoms with Crippen molar-refractivity contribution in [3.05, 3.63) is 29.8 Å². The van der Waals surface area contributed by atoms with Crippen LogP contribution in [0.2, 0.25) is 0 Å². The molecule has 0 aliphatic rings. The summed E-state index contributed by atoms with van der Waals surface area (Å²) in [6.07, 6.45) is 1.41. The Kier molecular flexibility index (Phi) is 6.36. The second kappa shape index (κ2) is 7.79. The molecule has 1 amide bonds. The summed E-state index contributed by atoms with van der Waals surface area (Å²) in [5, 5.41) is 15.6. The van der Waals surface area contributed by atoms with E-state index in [-0.39, 0.29) is 23.7 Å². The highest BCUT2D eigenvalue weighted by Gasteiger charge is 2.08. The van der Waals surface area contributed by atoms with Gasteiger partial charge in [0.15, 0.2) is 0 Å². The van der Waals surface area contributed by atoms with Gasteiger partial charge in [0.1, 0.15) is 5.75 Å². The number of hydrogen-bond acceptors (Lipinski definition) is 3. The summed E-state index contributed by atoms with van der Waals surface area (Å²) in [4.78, 5) is 11.6. The molecule has 4 nitrogen and oxygen atoms in total. The van der Waals surface area contributed by atoms with E-state index >= 15 is 0 Å². The Morgan fingerprint density at radius 2 is 2.11 bits per heavy atom. The van der Waals surface area contributed by atoms with Gasteiger partial charge in [-0.25, -0.2) is 0 Å². The average molecular weight is 264 g/mol. The fraction of sp³-hybridized carbons (Fsp3) is 0.533. The van der Waals surface area contributed by atoms with E-state index in [1.807, 2.05) is 32.9 Å². The molecule has 1 aromatic carbocycles. The minimum absolute atomic E-state index is 0.0740. The highest BCUT2D eigenvalue weighted by molar-refractivity contribution is 5.76. The van der Waals surface area contributed by atoms with Crippen LogP contribution in [0.5, 0.6) is 5.75 Å². The lowest BCUT2D eigenvalue weighted by molar-refractivity contribution is -0.121. The number of hydrogen-bond donors (Lipinski definition) is 3. The maximum Gasteiger partial charge on any atom is 0.221 e. The fourth-order valence-electron chi connectivity index (χ4n) is 1.76. The van der Waals surface area contributed by atoms with Crippen LogP contribution in [0.1, 0.15) is 45.2 Å². The SMILES string of the molecule is CCC(C)NC(=O)CCNC(C)c1cccc(O)c1. The first-order valence-corrected chi connectivity index (χ1v) is 6.84. The molecule has 0 saturated carbocycles. The van der Waals surface area contributed by atoms with Crippen molar-refractivity contribution in [2.75, 3.05) is 6.54 Å². The van der Waals surface area contributed by atoms with Gasteiger partial charge in [-0.15, -0.1) is 0 Å². The van der Waals surface area contributed by atoms with Crippen molar-refractivity contribution in [1.29, 1.82) is 0 Å². The maximum absolute atomic E-state index is 11.6. The molecule has 2 unspecified atom stereocenters. The van der Waals surface area contributed by atoms with Gasteiger partial charge < -0.3 is 15.7 Å². The smallest absolute Gasteiger partial charge is 0.221 e. The summed E-state index contributed by atoms with van der Waals surface area (Å²) in [6.45, 7) is 6.69. The molecule has 106 valence electrons. The number of phenolic OH excluding ortho intramolecular Hbond substituents is 1. The molecule has 1 aromatic rings. The van der Waals surface area contributed by atoms with Crippen molar-refractivity contribution in [2.45, 2.75) is 45.7 Å². The average Bonchev–Trinajstić information content (AvgIpc) is 2.38. The van der Waals surface area contributed by atoms with Crippen molar-refractivity contribution in [3.8, 4) is 5.75 Å². The fourth-order valence-corrected chi connectivity index (χ4v) is 1.76. The van der Waals surface area contributed by atoms with Crippen LogP contribution in [-0.2, 0) is 4.79 Å². The number of amides is 1. The molecule has 0 bridgehead atoms. The number of carbonyl (C=O) groups excluding carboxylic acids is 1. The first-order chi connectivity index (χ1) is 9.02. The van der Waals surface area contributed by atoms with E-state index in [1.165, 1.54) is 0 Å². The van der Waals surface area contributed by atoms with Gasteiger partial charge in [0, 0.05) is 25.0 Å². The standard InChI is InChI=1S/C15H24N2O2/c1-4-11(2)17-15(19)8-9-16-12(3)13-6-5-7-14(18)10-13/h5-7,10-12,16,18H,4,8-9H2,1-3H3,(H,17,19). The molecule has 0 saturated heterocycles. The Balaban J connectivity index is 2.31. The van der Waals surface area contributed by atoms with Crippen LogP contribution < -0.4 is 10.6 Å². The molecule has 0 radical (unpaired) electrons. The lowest BCUT2D eigenvalue weighted by Crippen LogP contribution is -2.34. The molecular weight excluding hydrogens is 240 g/mol. The van der Waals surface area contributed by atoms with Crippen LogP contribution in [0.25, 0.3) is 0 Å². The molecule has 0 heterocycles. The summed E-state index contributed by atoms with van der Waals surface area (Å²) >= 11 is 0. The summed E-state index contributed by atoms with van der Waals surface area (Å²) in [6, 6.07) is 7.50. The van der Waals surface area contributed by atoms with E-state index in [2.05, 4.69) is 10.6 Å². The number of carbonyl (C=O) groups is 1. The summed E-state index contributed by atoms with van der Waals surface area (Å²) in [5.74, 6) is 0.339. The highest BCUT2D eigenvalue weighted by atomic mass is 16.3. The second-order valence-electron chi connectivity index (χ2n) is 4.90. The third-order valence-corrected chi connectivity index (χ3v) is 3.19. The summed E-state index contributed by atoms with van der Waals surface area (Å²) in [5.41, 5.74) is 1.02. The van der Waals surface area contributed by atoms with Crippen LogP contribution >= 0.6 is 0 Å². The van der Waals surface area contributed by atoms with E-state index in [9.17, 15) is 9.90 Å². The highest BCUT2D eigenvalue weighted by Crippen LogP contribution is 2.17. The lowest BCUT2D eigenvalue weighted by Gasteiger charge is -2.15. The predicted molar refractivity (Wildman–Crippen MR) is 77.0 cm³/mol.